The van der Waals surface area contributed by atoms with Crippen molar-refractivity contribution < 1.29 is 13.9 Å². The number of carbonyl (C=O) groups is 1. The first-order chi connectivity index (χ1) is 17.5. The Kier molecular flexibility index (Phi) is 9.78. The molecule has 36 heavy (non-hydrogen) atoms. The molecule has 2 aliphatic carbocycles. The van der Waals surface area contributed by atoms with E-state index < -0.39 is 0 Å². The maximum atomic E-state index is 14.4. The first kappa shape index (κ1) is 26.6. The van der Waals surface area contributed by atoms with Crippen molar-refractivity contribution in [2.45, 2.75) is 90.4 Å². The third-order valence-corrected chi connectivity index (χ3v) is 8.78. The number of rotatable bonds is 9. The van der Waals surface area contributed by atoms with Gasteiger partial charge in [0.05, 0.1) is 5.92 Å². The predicted octanol–water partition coefficient (Wildman–Crippen LogP) is 9.05. The van der Waals surface area contributed by atoms with Crippen molar-refractivity contribution in [1.82, 2.24) is 0 Å². The largest absolute Gasteiger partial charge is 0.426 e. The Balaban J connectivity index is 1.18. The van der Waals surface area contributed by atoms with Gasteiger partial charge in [0, 0.05) is 6.07 Å². The number of halogens is 1. The number of benzene rings is 2. The van der Waals surface area contributed by atoms with E-state index in [1.54, 1.807) is 12.1 Å². The third-order valence-electron chi connectivity index (χ3n) is 8.78. The van der Waals surface area contributed by atoms with Crippen LogP contribution in [0.4, 0.5) is 4.39 Å². The van der Waals surface area contributed by atoms with Crippen LogP contribution in [0.2, 0.25) is 0 Å². The van der Waals surface area contributed by atoms with Gasteiger partial charge in [-0.25, -0.2) is 4.39 Å². The molecule has 194 valence electrons. The number of ether oxygens (including phenoxy) is 1. The average Bonchev–Trinajstić information content (AvgIpc) is 2.91. The Morgan fingerprint density at radius 1 is 0.972 bits per heavy atom. The molecule has 0 spiro atoms. The van der Waals surface area contributed by atoms with E-state index in [2.05, 4.69) is 37.3 Å². The minimum absolute atomic E-state index is 0.0539. The minimum atomic E-state index is -0.290. The number of hydrogen-bond acceptors (Lipinski definition) is 2. The summed E-state index contributed by atoms with van der Waals surface area (Å²) in [7, 11) is 0. The lowest BCUT2D eigenvalue weighted by atomic mass is 9.68. The Labute approximate surface area is 217 Å². The van der Waals surface area contributed by atoms with Gasteiger partial charge in [0.1, 0.15) is 11.6 Å². The first-order valence-corrected chi connectivity index (χ1v) is 14.2. The van der Waals surface area contributed by atoms with Gasteiger partial charge in [0.25, 0.3) is 0 Å². The summed E-state index contributed by atoms with van der Waals surface area (Å²) in [5.41, 5.74) is 2.13. The van der Waals surface area contributed by atoms with E-state index in [9.17, 15) is 9.18 Å². The summed E-state index contributed by atoms with van der Waals surface area (Å²) >= 11 is 0. The van der Waals surface area contributed by atoms with Gasteiger partial charge in [0.2, 0.25) is 0 Å². The number of carbonyl (C=O) groups excluding carboxylic acids is 1. The summed E-state index contributed by atoms with van der Waals surface area (Å²) in [6.07, 6.45) is 16.2. The maximum Gasteiger partial charge on any atom is 0.314 e. The Morgan fingerprint density at radius 3 is 2.28 bits per heavy atom. The summed E-state index contributed by atoms with van der Waals surface area (Å²) in [6, 6.07) is 15.8. The van der Waals surface area contributed by atoms with Crippen molar-refractivity contribution in [3.8, 4) is 5.75 Å². The van der Waals surface area contributed by atoms with Crippen LogP contribution in [0, 0.1) is 29.5 Å². The molecule has 0 N–H and O–H groups in total. The molecular weight excluding hydrogens is 447 g/mol. The fourth-order valence-corrected chi connectivity index (χ4v) is 6.54. The second-order valence-electron chi connectivity index (χ2n) is 11.2. The van der Waals surface area contributed by atoms with E-state index in [1.165, 1.54) is 43.7 Å². The van der Waals surface area contributed by atoms with E-state index in [-0.39, 0.29) is 17.7 Å². The lowest BCUT2D eigenvalue weighted by Crippen LogP contribution is -2.30. The molecule has 0 bridgehead atoms. The molecule has 0 amide bonds. The standard InChI is InChI=1S/C33H43FO2/c1-3-4-6-11-29-20-21-31(23-32(29)34)36-33(35)30-18-16-28(17-19-30)27-14-12-25(13-15-27)22-24(2)26-9-7-5-8-10-26/h3-5,7-10,20-21,23-25,27-28,30H,6,11-19,22H2,1-2H3/t24-,25?,27?,28?,30?/m0/s1. The number of allylic oxidation sites excluding steroid dienone is 2. The summed E-state index contributed by atoms with van der Waals surface area (Å²) in [4.78, 5) is 12.8. The topological polar surface area (TPSA) is 26.3 Å². The van der Waals surface area contributed by atoms with Crippen LogP contribution < -0.4 is 4.74 Å². The van der Waals surface area contributed by atoms with E-state index in [0.717, 1.165) is 49.9 Å². The van der Waals surface area contributed by atoms with Gasteiger partial charge < -0.3 is 4.74 Å². The van der Waals surface area contributed by atoms with Crippen LogP contribution in [0.3, 0.4) is 0 Å². The van der Waals surface area contributed by atoms with Crippen LogP contribution >= 0.6 is 0 Å². The van der Waals surface area contributed by atoms with Crippen LogP contribution in [0.25, 0.3) is 0 Å². The Bertz CT molecular complexity index is 982. The molecule has 0 radical (unpaired) electrons. The zero-order valence-corrected chi connectivity index (χ0v) is 22.1. The minimum Gasteiger partial charge on any atom is -0.426 e. The molecule has 0 unspecified atom stereocenters. The predicted molar refractivity (Wildman–Crippen MR) is 146 cm³/mol. The van der Waals surface area contributed by atoms with E-state index in [4.69, 9.17) is 4.74 Å². The molecule has 0 saturated heterocycles. The molecule has 2 fully saturated rings. The van der Waals surface area contributed by atoms with E-state index >= 15 is 0 Å². The van der Waals surface area contributed by atoms with E-state index in [1.807, 2.05) is 19.1 Å². The normalized spacial score (nSPS) is 25.5. The summed E-state index contributed by atoms with van der Waals surface area (Å²) < 4.78 is 20.0. The van der Waals surface area contributed by atoms with Crippen LogP contribution in [0.1, 0.15) is 95.1 Å². The third kappa shape index (κ3) is 7.31. The molecule has 2 aromatic carbocycles. The van der Waals surface area contributed by atoms with Gasteiger partial charge in [-0.3, -0.25) is 4.79 Å². The smallest absolute Gasteiger partial charge is 0.314 e. The molecule has 0 aromatic heterocycles. The van der Waals surface area contributed by atoms with Gasteiger partial charge >= 0.3 is 5.97 Å². The number of hydrogen-bond donors (Lipinski definition) is 0. The number of esters is 1. The summed E-state index contributed by atoms with van der Waals surface area (Å²) in [5, 5.41) is 0. The maximum absolute atomic E-state index is 14.4. The molecule has 2 saturated carbocycles. The van der Waals surface area contributed by atoms with Crippen molar-refractivity contribution in [2.75, 3.05) is 0 Å². The van der Waals surface area contributed by atoms with Crippen molar-refractivity contribution in [2.24, 2.45) is 23.7 Å². The fraction of sp³-hybridized carbons (Fsp3) is 0.545. The average molecular weight is 491 g/mol. The van der Waals surface area contributed by atoms with Crippen LogP contribution in [0.15, 0.2) is 60.7 Å². The van der Waals surface area contributed by atoms with Crippen LogP contribution in [0.5, 0.6) is 5.75 Å². The van der Waals surface area contributed by atoms with Crippen LogP contribution in [-0.4, -0.2) is 5.97 Å². The molecule has 1 atom stereocenters. The highest BCUT2D eigenvalue weighted by molar-refractivity contribution is 5.75. The molecule has 0 heterocycles. The monoisotopic (exact) mass is 490 g/mol. The van der Waals surface area contributed by atoms with Crippen molar-refractivity contribution >= 4 is 5.97 Å². The molecule has 4 rings (SSSR count). The summed E-state index contributed by atoms with van der Waals surface area (Å²) in [5.74, 6) is 2.84. The highest BCUT2D eigenvalue weighted by Crippen LogP contribution is 2.43. The van der Waals surface area contributed by atoms with Gasteiger partial charge in [-0.2, -0.15) is 0 Å². The highest BCUT2D eigenvalue weighted by atomic mass is 19.1. The Morgan fingerprint density at radius 2 is 1.64 bits per heavy atom. The Hall–Kier alpha value is -2.42. The zero-order chi connectivity index (χ0) is 25.3. The zero-order valence-electron chi connectivity index (χ0n) is 22.1. The van der Waals surface area contributed by atoms with Crippen molar-refractivity contribution in [3.05, 3.63) is 77.6 Å². The van der Waals surface area contributed by atoms with Gasteiger partial charge in [-0.1, -0.05) is 68.3 Å². The lowest BCUT2D eigenvalue weighted by Gasteiger charge is -2.38. The summed E-state index contributed by atoms with van der Waals surface area (Å²) in [6.45, 7) is 4.33. The molecular formula is C33H43FO2. The number of aryl methyl sites for hydroxylation is 1. The highest BCUT2D eigenvalue weighted by Gasteiger charge is 2.34. The molecule has 0 aliphatic heterocycles. The van der Waals surface area contributed by atoms with Gasteiger partial charge in [-0.15, -0.1) is 0 Å². The second kappa shape index (κ2) is 13.2. The quantitative estimate of drug-likeness (QED) is 0.199. The molecule has 2 aliphatic rings. The van der Waals surface area contributed by atoms with Gasteiger partial charge in [-0.05, 0) is 106 Å². The van der Waals surface area contributed by atoms with E-state index in [0.29, 0.717) is 23.7 Å². The second-order valence-corrected chi connectivity index (χ2v) is 11.2. The van der Waals surface area contributed by atoms with Crippen LogP contribution in [-0.2, 0) is 11.2 Å². The molecule has 2 nitrogen and oxygen atoms in total. The van der Waals surface area contributed by atoms with Crippen molar-refractivity contribution in [1.29, 1.82) is 0 Å². The fourth-order valence-electron chi connectivity index (χ4n) is 6.54. The first-order valence-electron chi connectivity index (χ1n) is 14.2. The van der Waals surface area contributed by atoms with Gasteiger partial charge in [0.15, 0.2) is 0 Å². The van der Waals surface area contributed by atoms with Crippen molar-refractivity contribution in [3.63, 3.8) is 0 Å². The lowest BCUT2D eigenvalue weighted by molar-refractivity contribution is -0.140. The molecule has 3 heteroatoms. The molecule has 2 aromatic rings. The SMILES string of the molecule is CC=CCCc1ccc(OC(=O)C2CCC(C3CCC(C[C@H](C)c4ccccc4)CC3)CC2)cc1F.